The lowest BCUT2D eigenvalue weighted by Gasteiger charge is -2.44. The smallest absolute Gasteiger partial charge is 0.222 e. The summed E-state index contributed by atoms with van der Waals surface area (Å²) < 4.78 is 0. The van der Waals surface area contributed by atoms with Crippen molar-refractivity contribution >= 4 is 5.91 Å². The van der Waals surface area contributed by atoms with Crippen LogP contribution < -0.4 is 0 Å². The van der Waals surface area contributed by atoms with Crippen LogP contribution in [0.15, 0.2) is 24.5 Å². The Morgan fingerprint density at radius 3 is 2.70 bits per heavy atom. The van der Waals surface area contributed by atoms with Gasteiger partial charge in [0, 0.05) is 37.9 Å². The van der Waals surface area contributed by atoms with Crippen LogP contribution >= 0.6 is 0 Å². The molecular formula is C23H35N3O. The minimum atomic E-state index is 0.405. The van der Waals surface area contributed by atoms with Crippen LogP contribution in [0.5, 0.6) is 0 Å². The third kappa shape index (κ3) is 4.90. The van der Waals surface area contributed by atoms with Gasteiger partial charge in [0.05, 0.1) is 0 Å². The van der Waals surface area contributed by atoms with E-state index in [1.807, 2.05) is 18.5 Å². The number of carbonyl (C=O) groups excluding carboxylic acids is 1. The van der Waals surface area contributed by atoms with Gasteiger partial charge in [-0.05, 0) is 87.9 Å². The molecule has 0 bridgehead atoms. The van der Waals surface area contributed by atoms with E-state index in [-0.39, 0.29) is 0 Å². The SMILES string of the molecule is O=C(CC[C@@H]1CCCN2CCCC[C@H]12)N1CCC(Cc2cccnc2)CC1. The number of piperidine rings is 3. The van der Waals surface area contributed by atoms with Crippen molar-refractivity contribution in [3.63, 3.8) is 0 Å². The molecule has 0 N–H and O–H groups in total. The molecule has 27 heavy (non-hydrogen) atoms. The molecular weight excluding hydrogens is 334 g/mol. The highest BCUT2D eigenvalue weighted by Crippen LogP contribution is 2.33. The van der Waals surface area contributed by atoms with Crippen LogP contribution in [0.3, 0.4) is 0 Å². The van der Waals surface area contributed by atoms with Gasteiger partial charge in [-0.2, -0.15) is 0 Å². The van der Waals surface area contributed by atoms with E-state index in [0.717, 1.165) is 57.2 Å². The molecule has 3 aliphatic rings. The summed E-state index contributed by atoms with van der Waals surface area (Å²) in [6.45, 7) is 4.48. The summed E-state index contributed by atoms with van der Waals surface area (Å²) in [4.78, 5) is 21.8. The maximum Gasteiger partial charge on any atom is 0.222 e. The molecule has 4 rings (SSSR count). The van der Waals surface area contributed by atoms with Crippen LogP contribution in [0.2, 0.25) is 0 Å². The summed E-state index contributed by atoms with van der Waals surface area (Å²) in [5.74, 6) is 1.86. The number of hydrogen-bond acceptors (Lipinski definition) is 3. The van der Waals surface area contributed by atoms with Gasteiger partial charge in [0.15, 0.2) is 0 Å². The molecule has 0 unspecified atom stereocenters. The molecule has 4 heteroatoms. The topological polar surface area (TPSA) is 36.4 Å². The summed E-state index contributed by atoms with van der Waals surface area (Å²) in [5, 5.41) is 0. The molecule has 0 aliphatic carbocycles. The van der Waals surface area contributed by atoms with Crippen LogP contribution in [-0.4, -0.2) is 52.9 Å². The minimum absolute atomic E-state index is 0.405. The van der Waals surface area contributed by atoms with E-state index in [1.165, 1.54) is 50.8 Å². The minimum Gasteiger partial charge on any atom is -0.343 e. The first-order valence-electron chi connectivity index (χ1n) is 11.2. The highest BCUT2D eigenvalue weighted by molar-refractivity contribution is 5.76. The molecule has 4 nitrogen and oxygen atoms in total. The molecule has 0 aromatic carbocycles. The van der Waals surface area contributed by atoms with Crippen molar-refractivity contribution in [1.29, 1.82) is 0 Å². The highest BCUT2D eigenvalue weighted by atomic mass is 16.2. The zero-order chi connectivity index (χ0) is 18.5. The van der Waals surface area contributed by atoms with Gasteiger partial charge in [0.1, 0.15) is 0 Å². The van der Waals surface area contributed by atoms with Crippen molar-refractivity contribution in [2.75, 3.05) is 26.2 Å². The Morgan fingerprint density at radius 1 is 1.04 bits per heavy atom. The summed E-state index contributed by atoms with van der Waals surface area (Å²) >= 11 is 0. The van der Waals surface area contributed by atoms with Crippen molar-refractivity contribution < 1.29 is 4.79 Å². The lowest BCUT2D eigenvalue weighted by molar-refractivity contribution is -0.133. The maximum absolute atomic E-state index is 12.8. The van der Waals surface area contributed by atoms with Crippen molar-refractivity contribution in [1.82, 2.24) is 14.8 Å². The number of nitrogens with zero attached hydrogens (tertiary/aromatic N) is 3. The third-order valence-corrected chi connectivity index (χ3v) is 7.17. The largest absolute Gasteiger partial charge is 0.343 e. The number of fused-ring (bicyclic) bond motifs is 1. The Kier molecular flexibility index (Phi) is 6.43. The molecule has 3 aliphatic heterocycles. The van der Waals surface area contributed by atoms with Crippen LogP contribution in [0.1, 0.15) is 63.4 Å². The predicted octanol–water partition coefficient (Wildman–Crippen LogP) is 3.91. The Hall–Kier alpha value is -1.42. The van der Waals surface area contributed by atoms with E-state index in [2.05, 4.69) is 20.9 Å². The second-order valence-electron chi connectivity index (χ2n) is 8.93. The van der Waals surface area contributed by atoms with Gasteiger partial charge in [-0.15, -0.1) is 0 Å². The van der Waals surface area contributed by atoms with Gasteiger partial charge in [0.2, 0.25) is 5.91 Å². The molecule has 3 fully saturated rings. The summed E-state index contributed by atoms with van der Waals surface area (Å²) in [7, 11) is 0. The van der Waals surface area contributed by atoms with E-state index in [4.69, 9.17) is 0 Å². The number of amides is 1. The second kappa shape index (κ2) is 9.18. The quantitative estimate of drug-likeness (QED) is 0.790. The van der Waals surface area contributed by atoms with Crippen molar-refractivity contribution in [2.45, 2.75) is 70.3 Å². The second-order valence-corrected chi connectivity index (χ2v) is 8.93. The Labute approximate surface area is 164 Å². The molecule has 148 valence electrons. The van der Waals surface area contributed by atoms with Crippen LogP contribution in [-0.2, 0) is 11.2 Å². The first-order chi connectivity index (χ1) is 13.3. The standard InChI is InChI=1S/C23H35N3O/c27-23(9-8-21-6-4-14-25-13-2-1-7-22(21)25)26-15-10-19(11-16-26)17-20-5-3-12-24-18-20/h3,5,12,18-19,21-22H,1-2,4,6-11,13-17H2/t21-,22+/m0/s1. The number of aromatic nitrogens is 1. The average Bonchev–Trinajstić information content (AvgIpc) is 2.73. The number of pyridine rings is 1. The Balaban J connectivity index is 1.20. The highest BCUT2D eigenvalue weighted by Gasteiger charge is 2.33. The number of hydrogen-bond donors (Lipinski definition) is 0. The predicted molar refractivity (Wildman–Crippen MR) is 108 cm³/mol. The summed E-state index contributed by atoms with van der Waals surface area (Å²) in [5.41, 5.74) is 1.33. The van der Waals surface area contributed by atoms with Gasteiger partial charge in [-0.1, -0.05) is 12.5 Å². The van der Waals surface area contributed by atoms with Gasteiger partial charge in [0.25, 0.3) is 0 Å². The molecule has 3 saturated heterocycles. The van der Waals surface area contributed by atoms with Crippen molar-refractivity contribution in [3.8, 4) is 0 Å². The van der Waals surface area contributed by atoms with Crippen LogP contribution in [0.25, 0.3) is 0 Å². The normalized spacial score (nSPS) is 27.3. The van der Waals surface area contributed by atoms with Crippen LogP contribution in [0.4, 0.5) is 0 Å². The summed E-state index contributed by atoms with van der Waals surface area (Å²) in [6.07, 6.45) is 15.9. The van der Waals surface area contributed by atoms with Gasteiger partial charge in [-0.3, -0.25) is 9.78 Å². The molecule has 0 radical (unpaired) electrons. The first kappa shape index (κ1) is 18.9. The number of likely N-dealkylation sites (tertiary alicyclic amines) is 1. The summed E-state index contributed by atoms with van der Waals surface area (Å²) in [6, 6.07) is 4.96. The number of rotatable bonds is 5. The van der Waals surface area contributed by atoms with Gasteiger partial charge >= 0.3 is 0 Å². The molecule has 4 heterocycles. The van der Waals surface area contributed by atoms with Gasteiger partial charge < -0.3 is 9.80 Å². The van der Waals surface area contributed by atoms with E-state index < -0.39 is 0 Å². The fourth-order valence-corrected chi connectivity index (χ4v) is 5.62. The fourth-order valence-electron chi connectivity index (χ4n) is 5.62. The van der Waals surface area contributed by atoms with E-state index >= 15 is 0 Å². The molecule has 1 aromatic rings. The molecule has 0 spiro atoms. The lowest BCUT2D eigenvalue weighted by Crippen LogP contribution is -2.48. The zero-order valence-corrected chi connectivity index (χ0v) is 16.7. The Bertz CT molecular complexity index is 595. The van der Waals surface area contributed by atoms with E-state index in [1.54, 1.807) is 0 Å². The van der Waals surface area contributed by atoms with Crippen molar-refractivity contribution in [3.05, 3.63) is 30.1 Å². The third-order valence-electron chi connectivity index (χ3n) is 7.17. The monoisotopic (exact) mass is 369 g/mol. The molecule has 1 amide bonds. The fraction of sp³-hybridized carbons (Fsp3) is 0.739. The maximum atomic E-state index is 12.8. The zero-order valence-electron chi connectivity index (χ0n) is 16.7. The lowest BCUT2D eigenvalue weighted by atomic mass is 9.81. The number of carbonyl (C=O) groups is 1. The molecule has 0 saturated carbocycles. The van der Waals surface area contributed by atoms with Gasteiger partial charge in [-0.25, -0.2) is 0 Å². The van der Waals surface area contributed by atoms with Crippen molar-refractivity contribution in [2.24, 2.45) is 11.8 Å². The Morgan fingerprint density at radius 2 is 1.89 bits per heavy atom. The van der Waals surface area contributed by atoms with E-state index in [9.17, 15) is 4.79 Å². The van der Waals surface area contributed by atoms with E-state index in [0.29, 0.717) is 11.8 Å². The molecule has 1 aromatic heterocycles. The average molecular weight is 370 g/mol. The molecule has 2 atom stereocenters. The first-order valence-corrected chi connectivity index (χ1v) is 11.2. The van der Waals surface area contributed by atoms with Crippen LogP contribution in [0, 0.1) is 11.8 Å².